The summed E-state index contributed by atoms with van der Waals surface area (Å²) in [7, 11) is 0. The quantitative estimate of drug-likeness (QED) is 0.662. The molecule has 1 aromatic heterocycles. The van der Waals surface area contributed by atoms with Crippen molar-refractivity contribution in [2.45, 2.75) is 13.5 Å². The number of hydrogen-bond donors (Lipinski definition) is 0. The molecule has 0 bridgehead atoms. The van der Waals surface area contributed by atoms with Gasteiger partial charge in [-0.1, -0.05) is 37.9 Å². The molecule has 18 heavy (non-hydrogen) atoms. The number of hydrogen-bond acceptors (Lipinski definition) is 1. The topological polar surface area (TPSA) is 22.0 Å². The molecule has 2 rings (SSSR count). The maximum Gasteiger partial charge on any atom is 0.265 e. The van der Waals surface area contributed by atoms with Crippen molar-refractivity contribution in [1.29, 1.82) is 0 Å². The van der Waals surface area contributed by atoms with Gasteiger partial charge in [-0.3, -0.25) is 4.79 Å². The van der Waals surface area contributed by atoms with Crippen LogP contribution in [0.4, 0.5) is 0 Å². The molecule has 0 saturated heterocycles. The summed E-state index contributed by atoms with van der Waals surface area (Å²) in [5.41, 5.74) is 1.90. The van der Waals surface area contributed by atoms with Gasteiger partial charge in [-0.25, -0.2) is 0 Å². The van der Waals surface area contributed by atoms with Crippen LogP contribution in [-0.4, -0.2) is 4.57 Å². The number of aromatic nitrogens is 1. The summed E-state index contributed by atoms with van der Waals surface area (Å²) >= 11 is 10.2. The first-order chi connectivity index (χ1) is 8.54. The average molecular weight is 436 g/mol. The van der Waals surface area contributed by atoms with Crippen LogP contribution in [0, 0.1) is 0 Å². The summed E-state index contributed by atoms with van der Waals surface area (Å²) in [4.78, 5) is 12.1. The van der Waals surface area contributed by atoms with Crippen LogP contribution in [0.25, 0.3) is 11.3 Å². The summed E-state index contributed by atoms with van der Waals surface area (Å²) in [6, 6.07) is 9.67. The summed E-state index contributed by atoms with van der Waals surface area (Å²) in [6.45, 7) is 2.60. The Morgan fingerprint density at radius 3 is 2.39 bits per heavy atom. The van der Waals surface area contributed by atoms with Gasteiger partial charge in [0.15, 0.2) is 0 Å². The SMILES string of the molecule is CCn1c(-c2ccc(Br)cc2Br)ccc(Br)c1=O. The van der Waals surface area contributed by atoms with Crippen molar-refractivity contribution in [3.05, 3.63) is 54.1 Å². The molecule has 0 atom stereocenters. The van der Waals surface area contributed by atoms with E-state index in [1.165, 1.54) is 0 Å². The van der Waals surface area contributed by atoms with Gasteiger partial charge in [0, 0.05) is 21.1 Å². The Kier molecular flexibility index (Phi) is 4.45. The summed E-state index contributed by atoms with van der Waals surface area (Å²) in [5.74, 6) is 0. The molecular weight excluding hydrogens is 426 g/mol. The molecule has 0 aliphatic carbocycles. The lowest BCUT2D eigenvalue weighted by Gasteiger charge is -2.13. The zero-order valence-corrected chi connectivity index (χ0v) is 14.3. The second-order valence-electron chi connectivity index (χ2n) is 3.74. The van der Waals surface area contributed by atoms with E-state index < -0.39 is 0 Å². The molecule has 0 aliphatic heterocycles. The van der Waals surface area contributed by atoms with Crippen molar-refractivity contribution in [1.82, 2.24) is 4.57 Å². The maximum atomic E-state index is 12.1. The van der Waals surface area contributed by atoms with Gasteiger partial charge in [-0.05, 0) is 47.1 Å². The van der Waals surface area contributed by atoms with Gasteiger partial charge >= 0.3 is 0 Å². The molecule has 0 amide bonds. The van der Waals surface area contributed by atoms with Crippen LogP contribution in [0.2, 0.25) is 0 Å². The first-order valence-corrected chi connectivity index (χ1v) is 7.77. The van der Waals surface area contributed by atoms with E-state index in [1.54, 1.807) is 10.6 Å². The van der Waals surface area contributed by atoms with E-state index in [1.807, 2.05) is 31.2 Å². The Hall–Kier alpha value is -0.390. The highest BCUT2D eigenvalue weighted by atomic mass is 79.9. The van der Waals surface area contributed by atoms with Gasteiger partial charge in [0.25, 0.3) is 5.56 Å². The van der Waals surface area contributed by atoms with E-state index in [0.717, 1.165) is 20.2 Å². The minimum atomic E-state index is -0.00943. The molecule has 0 spiro atoms. The molecule has 0 fully saturated rings. The highest BCUT2D eigenvalue weighted by Crippen LogP contribution is 2.30. The Labute approximate surface area is 130 Å². The lowest BCUT2D eigenvalue weighted by Crippen LogP contribution is -2.21. The highest BCUT2D eigenvalue weighted by molar-refractivity contribution is 9.11. The molecule has 1 heterocycles. The van der Waals surface area contributed by atoms with Crippen molar-refractivity contribution < 1.29 is 0 Å². The van der Waals surface area contributed by atoms with E-state index in [0.29, 0.717) is 11.0 Å². The summed E-state index contributed by atoms with van der Waals surface area (Å²) < 4.78 is 4.29. The molecule has 0 unspecified atom stereocenters. The second-order valence-corrected chi connectivity index (χ2v) is 6.36. The zero-order chi connectivity index (χ0) is 13.3. The fraction of sp³-hybridized carbons (Fsp3) is 0.154. The van der Waals surface area contributed by atoms with Crippen LogP contribution >= 0.6 is 47.8 Å². The average Bonchev–Trinajstić information content (AvgIpc) is 2.33. The molecule has 0 radical (unpaired) electrons. The van der Waals surface area contributed by atoms with Gasteiger partial charge in [0.1, 0.15) is 0 Å². The largest absolute Gasteiger partial charge is 0.308 e. The second kappa shape index (κ2) is 5.72. The van der Waals surface area contributed by atoms with Gasteiger partial charge in [0.05, 0.1) is 10.2 Å². The molecule has 0 N–H and O–H groups in total. The van der Waals surface area contributed by atoms with Crippen LogP contribution < -0.4 is 5.56 Å². The van der Waals surface area contributed by atoms with E-state index >= 15 is 0 Å². The molecule has 2 nitrogen and oxygen atoms in total. The van der Waals surface area contributed by atoms with Crippen LogP contribution in [0.1, 0.15) is 6.92 Å². The summed E-state index contributed by atoms with van der Waals surface area (Å²) in [5, 5.41) is 0. The van der Waals surface area contributed by atoms with Crippen molar-refractivity contribution in [2.75, 3.05) is 0 Å². The fourth-order valence-corrected chi connectivity index (χ4v) is 3.39. The number of halogens is 3. The minimum absolute atomic E-state index is 0.00943. The predicted octanol–water partition coefficient (Wildman–Crippen LogP) is 4.82. The van der Waals surface area contributed by atoms with Gasteiger partial charge < -0.3 is 4.57 Å². The van der Waals surface area contributed by atoms with E-state index in [9.17, 15) is 4.79 Å². The molecule has 2 aromatic rings. The third-order valence-electron chi connectivity index (χ3n) is 2.65. The van der Waals surface area contributed by atoms with Crippen LogP contribution in [0.3, 0.4) is 0 Å². The first-order valence-electron chi connectivity index (χ1n) is 5.39. The normalized spacial score (nSPS) is 10.7. The lowest BCUT2D eigenvalue weighted by atomic mass is 10.1. The van der Waals surface area contributed by atoms with Crippen LogP contribution in [0.15, 0.2) is 48.5 Å². The molecule has 0 saturated carbocycles. The van der Waals surface area contributed by atoms with Gasteiger partial charge in [-0.15, -0.1) is 0 Å². The van der Waals surface area contributed by atoms with Gasteiger partial charge in [-0.2, -0.15) is 0 Å². The Morgan fingerprint density at radius 2 is 1.78 bits per heavy atom. The number of benzene rings is 1. The number of nitrogens with zero attached hydrogens (tertiary/aromatic N) is 1. The smallest absolute Gasteiger partial charge is 0.265 e. The standard InChI is InChI=1S/C13H10Br3NO/c1-2-17-12(6-5-10(15)13(17)18)9-4-3-8(14)7-11(9)16/h3-7H,2H2,1H3. The Morgan fingerprint density at radius 1 is 1.06 bits per heavy atom. The van der Waals surface area contributed by atoms with Crippen molar-refractivity contribution in [3.63, 3.8) is 0 Å². The number of rotatable bonds is 2. The Balaban J connectivity index is 2.71. The van der Waals surface area contributed by atoms with Crippen molar-refractivity contribution in [2.24, 2.45) is 0 Å². The molecule has 1 aromatic carbocycles. The fourth-order valence-electron chi connectivity index (χ4n) is 1.80. The van der Waals surface area contributed by atoms with Gasteiger partial charge in [0.2, 0.25) is 0 Å². The third-order valence-corrected chi connectivity index (χ3v) is 4.40. The summed E-state index contributed by atoms with van der Waals surface area (Å²) in [6.07, 6.45) is 0. The highest BCUT2D eigenvalue weighted by Gasteiger charge is 2.10. The van der Waals surface area contributed by atoms with Crippen LogP contribution in [-0.2, 0) is 6.54 Å². The van der Waals surface area contributed by atoms with E-state index in [-0.39, 0.29) is 5.56 Å². The lowest BCUT2D eigenvalue weighted by molar-refractivity contribution is 0.731. The third kappa shape index (κ3) is 2.63. The maximum absolute atomic E-state index is 12.1. The number of pyridine rings is 1. The molecule has 0 aliphatic rings. The van der Waals surface area contributed by atoms with Crippen molar-refractivity contribution >= 4 is 47.8 Å². The minimum Gasteiger partial charge on any atom is -0.308 e. The van der Waals surface area contributed by atoms with E-state index in [4.69, 9.17) is 0 Å². The first kappa shape index (κ1) is 14.0. The molecule has 5 heteroatoms. The van der Waals surface area contributed by atoms with Crippen LogP contribution in [0.5, 0.6) is 0 Å². The van der Waals surface area contributed by atoms with E-state index in [2.05, 4.69) is 47.8 Å². The molecule has 94 valence electrons. The van der Waals surface area contributed by atoms with Crippen molar-refractivity contribution in [3.8, 4) is 11.3 Å². The molecular formula is C13H10Br3NO. The monoisotopic (exact) mass is 433 g/mol. The Bertz CT molecular complexity index is 649. The zero-order valence-electron chi connectivity index (χ0n) is 9.58. The predicted molar refractivity (Wildman–Crippen MR) is 84.9 cm³/mol.